The molecule has 0 fully saturated rings. The van der Waals surface area contributed by atoms with Crippen LogP contribution in [-0.4, -0.2) is 37.7 Å². The van der Waals surface area contributed by atoms with Crippen molar-refractivity contribution in [2.45, 2.75) is 13.3 Å². The summed E-state index contributed by atoms with van der Waals surface area (Å²) in [7, 11) is 0. The number of rotatable bonds is 3. The Hall–Kier alpha value is -2.31. The van der Waals surface area contributed by atoms with E-state index in [0.29, 0.717) is 17.7 Å². The molecule has 0 saturated carbocycles. The molecule has 0 spiro atoms. The Kier molecular flexibility index (Phi) is 2.82. The Morgan fingerprint density at radius 3 is 2.94 bits per heavy atom. The van der Waals surface area contributed by atoms with E-state index in [-0.39, 0.29) is 23.9 Å². The molecular formula is C10H11N3O4. The van der Waals surface area contributed by atoms with E-state index in [9.17, 15) is 9.90 Å². The molecule has 2 aromatic heterocycles. The van der Waals surface area contributed by atoms with Crippen LogP contribution in [0.3, 0.4) is 0 Å². The van der Waals surface area contributed by atoms with Crippen LogP contribution in [0.2, 0.25) is 0 Å². The predicted octanol–water partition coefficient (Wildman–Crippen LogP) is 0.475. The summed E-state index contributed by atoms with van der Waals surface area (Å²) in [6, 6.07) is 1.01. The van der Waals surface area contributed by atoms with E-state index in [1.165, 1.54) is 0 Å². The number of aromatic hydroxyl groups is 2. The largest absolute Gasteiger partial charge is 0.493 e. The van der Waals surface area contributed by atoms with Crippen molar-refractivity contribution in [2.24, 2.45) is 0 Å². The molecule has 0 radical (unpaired) electrons. The Bertz CT molecular complexity index is 564. The van der Waals surface area contributed by atoms with Gasteiger partial charge in [-0.25, -0.2) is 0 Å². The first-order valence-corrected chi connectivity index (χ1v) is 5.03. The first-order chi connectivity index (χ1) is 8.10. The molecule has 2 heterocycles. The molecule has 0 aliphatic heterocycles. The van der Waals surface area contributed by atoms with Crippen molar-refractivity contribution < 1.29 is 19.7 Å². The average molecular weight is 237 g/mol. The monoisotopic (exact) mass is 237 g/mol. The lowest BCUT2D eigenvalue weighted by Gasteiger charge is -1.98. The summed E-state index contributed by atoms with van der Waals surface area (Å²) in [5.74, 6) is -0.713. The van der Waals surface area contributed by atoms with Crippen LogP contribution < -0.4 is 0 Å². The maximum atomic E-state index is 11.3. The van der Waals surface area contributed by atoms with Crippen molar-refractivity contribution in [3.8, 4) is 11.9 Å². The van der Waals surface area contributed by atoms with Gasteiger partial charge in [-0.15, -0.1) is 0 Å². The number of aromatic amines is 1. The van der Waals surface area contributed by atoms with Crippen molar-refractivity contribution in [3.63, 3.8) is 0 Å². The number of nitrogens with one attached hydrogen (secondary N) is 1. The molecule has 0 atom stereocenters. The second-order valence-electron chi connectivity index (χ2n) is 3.39. The third kappa shape index (κ3) is 2.27. The Morgan fingerprint density at radius 2 is 2.24 bits per heavy atom. The van der Waals surface area contributed by atoms with E-state index in [0.717, 1.165) is 0 Å². The SMILES string of the molecule is CCOC(=O)Cc1cc2c(O)nc(O)nc2[nH]1. The Labute approximate surface area is 96.1 Å². The van der Waals surface area contributed by atoms with Gasteiger partial charge in [-0.2, -0.15) is 9.97 Å². The molecule has 0 aliphatic rings. The number of esters is 1. The zero-order valence-corrected chi connectivity index (χ0v) is 9.10. The van der Waals surface area contributed by atoms with Crippen LogP contribution >= 0.6 is 0 Å². The molecule has 7 nitrogen and oxygen atoms in total. The van der Waals surface area contributed by atoms with Crippen molar-refractivity contribution in [3.05, 3.63) is 11.8 Å². The lowest BCUT2D eigenvalue weighted by Crippen LogP contribution is -2.07. The highest BCUT2D eigenvalue weighted by atomic mass is 16.5. The minimum absolute atomic E-state index is 0.0460. The number of H-pyrrole nitrogens is 1. The van der Waals surface area contributed by atoms with Crippen molar-refractivity contribution in [1.29, 1.82) is 0 Å². The van der Waals surface area contributed by atoms with E-state index in [1.54, 1.807) is 13.0 Å². The third-order valence-electron chi connectivity index (χ3n) is 2.15. The van der Waals surface area contributed by atoms with Crippen molar-refractivity contribution in [1.82, 2.24) is 15.0 Å². The third-order valence-corrected chi connectivity index (χ3v) is 2.15. The predicted molar refractivity (Wildman–Crippen MR) is 57.6 cm³/mol. The molecule has 2 aromatic rings. The fourth-order valence-electron chi connectivity index (χ4n) is 1.50. The van der Waals surface area contributed by atoms with E-state index in [2.05, 4.69) is 15.0 Å². The number of nitrogens with zero attached hydrogens (tertiary/aromatic N) is 2. The number of ether oxygens (including phenoxy) is 1. The lowest BCUT2D eigenvalue weighted by atomic mass is 10.3. The maximum Gasteiger partial charge on any atom is 0.319 e. The van der Waals surface area contributed by atoms with Crippen molar-refractivity contribution in [2.75, 3.05) is 6.61 Å². The number of carbonyl (C=O) groups is 1. The standard InChI is InChI=1S/C10H11N3O4/c1-2-17-7(14)4-5-3-6-8(11-5)12-10(16)13-9(6)15/h3H,2,4H2,1H3,(H3,11,12,13,15,16). The molecule has 0 amide bonds. The first-order valence-electron chi connectivity index (χ1n) is 5.03. The minimum atomic E-state index is -0.528. The topological polar surface area (TPSA) is 108 Å². The zero-order chi connectivity index (χ0) is 12.4. The molecule has 3 N–H and O–H groups in total. The molecular weight excluding hydrogens is 226 g/mol. The van der Waals surface area contributed by atoms with Gasteiger partial charge in [-0.1, -0.05) is 0 Å². The molecule has 0 aromatic carbocycles. The fourth-order valence-corrected chi connectivity index (χ4v) is 1.50. The van der Waals surface area contributed by atoms with Gasteiger partial charge in [0.15, 0.2) is 0 Å². The van der Waals surface area contributed by atoms with Crippen molar-refractivity contribution >= 4 is 17.0 Å². The van der Waals surface area contributed by atoms with Gasteiger partial charge in [0.1, 0.15) is 5.65 Å². The van der Waals surface area contributed by atoms with Gasteiger partial charge < -0.3 is 19.9 Å². The normalized spacial score (nSPS) is 10.6. The molecule has 90 valence electrons. The van der Waals surface area contributed by atoms with Gasteiger partial charge in [0, 0.05) is 5.69 Å². The van der Waals surface area contributed by atoms with Crippen LogP contribution in [0.25, 0.3) is 11.0 Å². The molecule has 0 saturated heterocycles. The second kappa shape index (κ2) is 4.28. The number of hydrogen-bond donors (Lipinski definition) is 3. The summed E-state index contributed by atoms with van der Waals surface area (Å²) in [4.78, 5) is 21.1. The van der Waals surface area contributed by atoms with E-state index >= 15 is 0 Å². The highest BCUT2D eigenvalue weighted by molar-refractivity contribution is 5.83. The molecule has 7 heteroatoms. The molecule has 2 rings (SSSR count). The van der Waals surface area contributed by atoms with Crippen LogP contribution in [0.4, 0.5) is 0 Å². The summed E-state index contributed by atoms with van der Waals surface area (Å²) in [5, 5.41) is 18.9. The molecule has 0 unspecified atom stereocenters. The number of carbonyl (C=O) groups excluding carboxylic acids is 1. The summed E-state index contributed by atoms with van der Waals surface area (Å²) < 4.78 is 4.79. The van der Waals surface area contributed by atoms with Gasteiger partial charge in [-0.05, 0) is 13.0 Å². The summed E-state index contributed by atoms with van der Waals surface area (Å²) in [6.45, 7) is 2.03. The fraction of sp³-hybridized carbons (Fsp3) is 0.300. The Balaban J connectivity index is 2.32. The second-order valence-corrected chi connectivity index (χ2v) is 3.39. The lowest BCUT2D eigenvalue weighted by molar-refractivity contribution is -0.142. The molecule has 17 heavy (non-hydrogen) atoms. The van der Waals surface area contributed by atoms with Gasteiger partial charge >= 0.3 is 12.0 Å². The minimum Gasteiger partial charge on any atom is -0.493 e. The number of hydrogen-bond acceptors (Lipinski definition) is 6. The average Bonchev–Trinajstić information content (AvgIpc) is 2.60. The van der Waals surface area contributed by atoms with Gasteiger partial charge in [0.05, 0.1) is 18.4 Å². The van der Waals surface area contributed by atoms with Crippen LogP contribution in [0.1, 0.15) is 12.6 Å². The van der Waals surface area contributed by atoms with Gasteiger partial charge in [-0.3, -0.25) is 4.79 Å². The maximum absolute atomic E-state index is 11.3. The Morgan fingerprint density at radius 1 is 1.47 bits per heavy atom. The molecule has 0 bridgehead atoms. The highest BCUT2D eigenvalue weighted by Crippen LogP contribution is 2.24. The van der Waals surface area contributed by atoms with Gasteiger partial charge in [0.25, 0.3) is 0 Å². The molecule has 0 aliphatic carbocycles. The van der Waals surface area contributed by atoms with E-state index in [4.69, 9.17) is 9.84 Å². The quantitative estimate of drug-likeness (QED) is 0.670. The zero-order valence-electron chi connectivity index (χ0n) is 9.10. The van der Waals surface area contributed by atoms with Crippen LogP contribution in [0.15, 0.2) is 6.07 Å². The van der Waals surface area contributed by atoms with E-state index < -0.39 is 6.01 Å². The number of aromatic nitrogens is 3. The number of fused-ring (bicyclic) bond motifs is 1. The van der Waals surface area contributed by atoms with Crippen LogP contribution in [0.5, 0.6) is 11.9 Å². The summed E-state index contributed by atoms with van der Waals surface area (Å²) in [6.07, 6.45) is 0.0460. The summed E-state index contributed by atoms with van der Waals surface area (Å²) >= 11 is 0. The van der Waals surface area contributed by atoms with Gasteiger partial charge in [0.2, 0.25) is 5.88 Å². The smallest absolute Gasteiger partial charge is 0.319 e. The first kappa shape index (κ1) is 11.2. The van der Waals surface area contributed by atoms with E-state index in [1.807, 2.05) is 0 Å². The highest BCUT2D eigenvalue weighted by Gasteiger charge is 2.12. The van der Waals surface area contributed by atoms with Crippen LogP contribution in [0, 0.1) is 0 Å². The summed E-state index contributed by atoms with van der Waals surface area (Å²) in [5.41, 5.74) is 0.808. The van der Waals surface area contributed by atoms with Crippen LogP contribution in [-0.2, 0) is 16.0 Å².